The first-order valence-corrected chi connectivity index (χ1v) is 6.00. The van der Waals surface area contributed by atoms with Crippen molar-refractivity contribution in [1.29, 1.82) is 0 Å². The zero-order chi connectivity index (χ0) is 11.9. The Morgan fingerprint density at radius 1 is 1.53 bits per heavy atom. The summed E-state index contributed by atoms with van der Waals surface area (Å²) in [7, 11) is 0. The van der Waals surface area contributed by atoms with Gasteiger partial charge in [0.15, 0.2) is 0 Å². The summed E-state index contributed by atoms with van der Waals surface area (Å²) in [6, 6.07) is 0. The van der Waals surface area contributed by atoms with Gasteiger partial charge < -0.3 is 10.8 Å². The summed E-state index contributed by atoms with van der Waals surface area (Å²) in [5, 5.41) is 9.73. The number of aliphatic carboxylic acids is 1. The summed E-state index contributed by atoms with van der Waals surface area (Å²) < 4.78 is 0. The van der Waals surface area contributed by atoms with Crippen LogP contribution in [0, 0.1) is 16.7 Å². The van der Waals surface area contributed by atoms with Crippen molar-refractivity contribution in [1.82, 2.24) is 0 Å². The van der Waals surface area contributed by atoms with Crippen molar-refractivity contribution < 1.29 is 14.7 Å². The Morgan fingerprint density at radius 2 is 2.07 bits per heavy atom. The second-order valence-corrected chi connectivity index (χ2v) is 5.24. The van der Waals surface area contributed by atoms with Crippen LogP contribution in [0.25, 0.3) is 0 Å². The first kappa shape index (κ1) is 12.5. The molecule has 0 aliphatic heterocycles. The van der Waals surface area contributed by atoms with E-state index < -0.39 is 22.7 Å². The van der Waals surface area contributed by atoms with Crippen LogP contribution in [0.2, 0.25) is 0 Å². The van der Waals surface area contributed by atoms with Crippen molar-refractivity contribution in [2.75, 3.05) is 5.33 Å². The van der Waals surface area contributed by atoms with Gasteiger partial charge in [-0.25, -0.2) is 0 Å². The van der Waals surface area contributed by atoms with Crippen molar-refractivity contribution >= 4 is 27.8 Å². The summed E-state index contributed by atoms with van der Waals surface area (Å²) in [5.74, 6) is -1.62. The Labute approximate surface area is 97.3 Å². The molecule has 0 bridgehead atoms. The minimum atomic E-state index is -0.879. The van der Waals surface area contributed by atoms with E-state index in [1.165, 1.54) is 0 Å². The summed E-state index contributed by atoms with van der Waals surface area (Å²) in [5.41, 5.74) is 3.83. The maximum Gasteiger partial charge on any atom is 0.309 e. The topological polar surface area (TPSA) is 80.4 Å². The maximum atomic E-state index is 11.3. The molecule has 0 aromatic rings. The molecule has 1 amide bonds. The fourth-order valence-corrected chi connectivity index (χ4v) is 3.48. The SMILES string of the molecule is C[C@]1(CBr)[C@@H](C(N)=O)CC[C@]1(C)C(=O)O. The average Bonchev–Trinajstić information content (AvgIpc) is 2.42. The smallest absolute Gasteiger partial charge is 0.309 e. The van der Waals surface area contributed by atoms with Crippen molar-refractivity contribution in [2.45, 2.75) is 26.7 Å². The Bertz CT molecular complexity index is 307. The van der Waals surface area contributed by atoms with Crippen molar-refractivity contribution in [3.8, 4) is 0 Å². The van der Waals surface area contributed by atoms with Gasteiger partial charge in [0.05, 0.1) is 5.41 Å². The number of primary amides is 1. The molecule has 3 atom stereocenters. The number of carbonyl (C=O) groups is 2. The van der Waals surface area contributed by atoms with Gasteiger partial charge in [-0.15, -0.1) is 0 Å². The van der Waals surface area contributed by atoms with E-state index in [9.17, 15) is 14.7 Å². The number of hydrogen-bond donors (Lipinski definition) is 2. The van der Waals surface area contributed by atoms with E-state index in [0.717, 1.165) is 0 Å². The van der Waals surface area contributed by atoms with Gasteiger partial charge in [0.2, 0.25) is 5.91 Å². The number of rotatable bonds is 3. The van der Waals surface area contributed by atoms with Crippen LogP contribution in [0.15, 0.2) is 0 Å². The molecule has 1 rings (SSSR count). The number of amides is 1. The zero-order valence-electron chi connectivity index (χ0n) is 8.92. The molecule has 3 N–H and O–H groups in total. The number of hydrogen-bond acceptors (Lipinski definition) is 2. The van der Waals surface area contributed by atoms with E-state index in [1.807, 2.05) is 6.92 Å². The summed E-state index contributed by atoms with van der Waals surface area (Å²) in [4.78, 5) is 22.6. The lowest BCUT2D eigenvalue weighted by Crippen LogP contribution is -2.47. The van der Waals surface area contributed by atoms with E-state index in [2.05, 4.69) is 15.9 Å². The number of alkyl halides is 1. The predicted octanol–water partition coefficient (Wildman–Crippen LogP) is 1.37. The lowest BCUT2D eigenvalue weighted by Gasteiger charge is -2.39. The minimum absolute atomic E-state index is 0.363. The van der Waals surface area contributed by atoms with Crippen LogP contribution in [0.1, 0.15) is 26.7 Å². The molecular weight excluding hydrogens is 262 g/mol. The molecule has 0 aromatic heterocycles. The Balaban J connectivity index is 3.16. The minimum Gasteiger partial charge on any atom is -0.481 e. The number of halogens is 1. The van der Waals surface area contributed by atoms with Crippen molar-refractivity contribution in [3.05, 3.63) is 0 Å². The molecule has 0 unspecified atom stereocenters. The van der Waals surface area contributed by atoms with Crippen LogP contribution in [0.4, 0.5) is 0 Å². The van der Waals surface area contributed by atoms with Crippen LogP contribution in [0.5, 0.6) is 0 Å². The number of carboxylic acid groups (broad SMARTS) is 1. The molecule has 4 nitrogen and oxygen atoms in total. The Kier molecular flexibility index (Phi) is 3.14. The van der Waals surface area contributed by atoms with Crippen LogP contribution < -0.4 is 5.73 Å². The monoisotopic (exact) mass is 277 g/mol. The van der Waals surface area contributed by atoms with Crippen molar-refractivity contribution in [3.63, 3.8) is 0 Å². The molecule has 0 heterocycles. The van der Waals surface area contributed by atoms with E-state index in [1.54, 1.807) is 6.92 Å². The molecule has 1 saturated carbocycles. The van der Waals surface area contributed by atoms with Gasteiger partial charge in [-0.05, 0) is 19.8 Å². The predicted molar refractivity (Wildman–Crippen MR) is 59.6 cm³/mol. The summed E-state index contributed by atoms with van der Waals surface area (Å²) in [6.45, 7) is 3.51. The lowest BCUT2D eigenvalue weighted by molar-refractivity contribution is -0.154. The average molecular weight is 278 g/mol. The van der Waals surface area contributed by atoms with Gasteiger partial charge in [-0.3, -0.25) is 9.59 Å². The van der Waals surface area contributed by atoms with E-state index in [-0.39, 0.29) is 5.92 Å². The molecular formula is C10H16BrNO3. The summed E-state index contributed by atoms with van der Waals surface area (Å²) in [6.07, 6.45) is 1.05. The zero-order valence-corrected chi connectivity index (χ0v) is 10.5. The normalized spacial score (nSPS) is 40.3. The van der Waals surface area contributed by atoms with Crippen LogP contribution >= 0.6 is 15.9 Å². The van der Waals surface area contributed by atoms with Crippen molar-refractivity contribution in [2.24, 2.45) is 22.5 Å². The molecule has 86 valence electrons. The highest BCUT2D eigenvalue weighted by Gasteiger charge is 2.59. The third-order valence-electron chi connectivity index (χ3n) is 4.06. The molecule has 0 radical (unpaired) electrons. The molecule has 0 aromatic carbocycles. The molecule has 0 spiro atoms. The third kappa shape index (κ3) is 1.57. The Hall–Kier alpha value is -0.580. The van der Waals surface area contributed by atoms with Crippen LogP contribution in [0.3, 0.4) is 0 Å². The highest BCUT2D eigenvalue weighted by Crippen LogP contribution is 2.56. The third-order valence-corrected chi connectivity index (χ3v) is 5.22. The molecule has 1 aliphatic carbocycles. The van der Waals surface area contributed by atoms with Gasteiger partial charge in [-0.2, -0.15) is 0 Å². The van der Waals surface area contributed by atoms with Crippen LogP contribution in [-0.4, -0.2) is 22.3 Å². The highest BCUT2D eigenvalue weighted by molar-refractivity contribution is 9.09. The molecule has 1 aliphatic rings. The largest absolute Gasteiger partial charge is 0.481 e. The first-order chi connectivity index (χ1) is 6.79. The fraction of sp³-hybridized carbons (Fsp3) is 0.800. The second-order valence-electron chi connectivity index (χ2n) is 4.68. The van der Waals surface area contributed by atoms with Gasteiger partial charge in [0.25, 0.3) is 0 Å². The quantitative estimate of drug-likeness (QED) is 0.765. The highest BCUT2D eigenvalue weighted by atomic mass is 79.9. The Morgan fingerprint density at radius 3 is 2.40 bits per heavy atom. The fourth-order valence-electron chi connectivity index (χ4n) is 2.47. The standard InChI is InChI=1S/C10H16BrNO3/c1-9(8(14)15)4-3-6(7(12)13)10(9,2)5-11/h6H,3-5H2,1-2H3,(H2,12,13)(H,14,15)/t6-,9-,10+/m1/s1. The van der Waals surface area contributed by atoms with E-state index >= 15 is 0 Å². The second kappa shape index (κ2) is 3.77. The molecule has 5 heteroatoms. The molecule has 1 fully saturated rings. The van der Waals surface area contributed by atoms with Gasteiger partial charge in [0.1, 0.15) is 0 Å². The summed E-state index contributed by atoms with van der Waals surface area (Å²) >= 11 is 3.31. The van der Waals surface area contributed by atoms with Gasteiger partial charge >= 0.3 is 5.97 Å². The molecule has 0 saturated heterocycles. The lowest BCUT2D eigenvalue weighted by atomic mass is 9.65. The van der Waals surface area contributed by atoms with Gasteiger partial charge in [-0.1, -0.05) is 22.9 Å². The van der Waals surface area contributed by atoms with E-state index in [4.69, 9.17) is 5.73 Å². The maximum absolute atomic E-state index is 11.3. The van der Waals surface area contributed by atoms with E-state index in [0.29, 0.717) is 18.2 Å². The number of nitrogens with two attached hydrogens (primary N) is 1. The first-order valence-electron chi connectivity index (χ1n) is 4.88. The van der Waals surface area contributed by atoms with Gasteiger partial charge in [0, 0.05) is 16.7 Å². The molecule has 15 heavy (non-hydrogen) atoms. The number of carboxylic acids is 1. The number of carbonyl (C=O) groups excluding carboxylic acids is 1. The van der Waals surface area contributed by atoms with Crippen LogP contribution in [-0.2, 0) is 9.59 Å².